The number of ether oxygens (including phenoxy) is 5. The molecule has 34 heavy (non-hydrogen) atoms. The number of hydrogen-bond donors (Lipinski definition) is 0. The van der Waals surface area contributed by atoms with Crippen LogP contribution in [0.5, 0.6) is 5.75 Å². The lowest BCUT2D eigenvalue weighted by Gasteiger charge is -2.11. The van der Waals surface area contributed by atoms with Crippen molar-refractivity contribution in [2.45, 2.75) is 0 Å². The lowest BCUT2D eigenvalue weighted by Crippen LogP contribution is -2.13. The fraction of sp³-hybridized carbons (Fsp3) is 0.321. The monoisotopic (exact) mass is 461 g/mol. The topological polar surface area (TPSA) is 59.0 Å². The van der Waals surface area contributed by atoms with E-state index in [-0.39, 0.29) is 0 Å². The van der Waals surface area contributed by atoms with E-state index in [2.05, 4.69) is 54.6 Å². The van der Waals surface area contributed by atoms with Crippen LogP contribution in [0.4, 0.5) is 0 Å². The van der Waals surface area contributed by atoms with Gasteiger partial charge in [0.05, 0.1) is 57.5 Å². The zero-order valence-electron chi connectivity index (χ0n) is 19.6. The Morgan fingerprint density at radius 2 is 1.12 bits per heavy atom. The van der Waals surface area contributed by atoms with Gasteiger partial charge in [0.15, 0.2) is 0 Å². The van der Waals surface area contributed by atoms with Crippen molar-refractivity contribution in [1.29, 1.82) is 0 Å². The van der Waals surface area contributed by atoms with Crippen molar-refractivity contribution in [3.8, 4) is 17.0 Å². The van der Waals surface area contributed by atoms with Crippen LogP contribution in [-0.2, 0) is 18.9 Å². The second kappa shape index (κ2) is 13.0. The molecule has 178 valence electrons. The van der Waals surface area contributed by atoms with Gasteiger partial charge in [0.2, 0.25) is 0 Å². The van der Waals surface area contributed by atoms with E-state index in [0.29, 0.717) is 52.9 Å². The largest absolute Gasteiger partial charge is 0.491 e. The molecule has 6 heteroatoms. The van der Waals surface area contributed by atoms with Crippen molar-refractivity contribution in [2.24, 2.45) is 0 Å². The molecular weight excluding hydrogens is 430 g/mol. The van der Waals surface area contributed by atoms with Crippen LogP contribution in [0, 0.1) is 0 Å². The fourth-order valence-corrected chi connectivity index (χ4v) is 3.74. The van der Waals surface area contributed by atoms with Crippen LogP contribution in [0.25, 0.3) is 32.9 Å². The van der Waals surface area contributed by atoms with Crippen LogP contribution in [0.15, 0.2) is 72.8 Å². The van der Waals surface area contributed by atoms with E-state index in [0.717, 1.165) is 27.9 Å². The van der Waals surface area contributed by atoms with E-state index in [1.54, 1.807) is 7.11 Å². The van der Waals surface area contributed by atoms with Gasteiger partial charge >= 0.3 is 0 Å². The van der Waals surface area contributed by atoms with Gasteiger partial charge in [-0.15, -0.1) is 0 Å². The minimum absolute atomic E-state index is 0.483. The summed E-state index contributed by atoms with van der Waals surface area (Å²) in [4.78, 5) is 4.95. The molecule has 4 aromatic rings. The third kappa shape index (κ3) is 6.52. The summed E-state index contributed by atoms with van der Waals surface area (Å²) < 4.78 is 27.1. The summed E-state index contributed by atoms with van der Waals surface area (Å²) in [5, 5.41) is 3.53. The Morgan fingerprint density at radius 3 is 1.79 bits per heavy atom. The zero-order valence-corrected chi connectivity index (χ0v) is 19.6. The standard InChI is InChI=1S/C28H31NO5/c1-30-14-15-31-16-17-32-18-19-33-20-21-34-23-12-10-22(11-13-23)28-26-8-3-2-6-24(26)25-7-4-5-9-27(25)29-28/h2-13H,14-21H2,1H3. The second-order valence-corrected chi connectivity index (χ2v) is 7.73. The molecule has 0 fully saturated rings. The van der Waals surface area contributed by atoms with Gasteiger partial charge in [-0.2, -0.15) is 0 Å². The van der Waals surface area contributed by atoms with Crippen molar-refractivity contribution in [2.75, 3.05) is 60.0 Å². The van der Waals surface area contributed by atoms with Crippen molar-refractivity contribution < 1.29 is 23.7 Å². The first-order valence-electron chi connectivity index (χ1n) is 11.6. The lowest BCUT2D eigenvalue weighted by molar-refractivity contribution is 0.000164. The third-order valence-electron chi connectivity index (χ3n) is 5.41. The molecule has 0 saturated carbocycles. The first-order valence-corrected chi connectivity index (χ1v) is 11.6. The van der Waals surface area contributed by atoms with Crippen LogP contribution in [0.1, 0.15) is 0 Å². The molecule has 1 aromatic heterocycles. The number of fused-ring (bicyclic) bond motifs is 3. The van der Waals surface area contributed by atoms with Gasteiger partial charge in [-0.25, -0.2) is 4.98 Å². The number of benzene rings is 3. The van der Waals surface area contributed by atoms with Crippen LogP contribution >= 0.6 is 0 Å². The minimum Gasteiger partial charge on any atom is -0.491 e. The molecule has 0 aliphatic heterocycles. The van der Waals surface area contributed by atoms with Gasteiger partial charge < -0.3 is 23.7 Å². The molecule has 0 aliphatic carbocycles. The molecule has 0 spiro atoms. The summed E-state index contributed by atoms with van der Waals surface area (Å²) in [6.07, 6.45) is 0. The molecule has 0 N–H and O–H groups in total. The minimum atomic E-state index is 0.483. The Labute approximate surface area is 200 Å². The van der Waals surface area contributed by atoms with Gasteiger partial charge in [-0.3, -0.25) is 0 Å². The van der Waals surface area contributed by atoms with E-state index >= 15 is 0 Å². The molecule has 0 amide bonds. The Morgan fingerprint density at radius 1 is 0.559 bits per heavy atom. The Balaban J connectivity index is 1.24. The molecule has 0 bridgehead atoms. The highest BCUT2D eigenvalue weighted by molar-refractivity contribution is 6.10. The molecular formula is C28H31NO5. The molecule has 0 radical (unpaired) electrons. The number of rotatable bonds is 14. The predicted molar refractivity (Wildman–Crippen MR) is 135 cm³/mol. The van der Waals surface area contributed by atoms with Gasteiger partial charge in [-0.05, 0) is 35.7 Å². The number of hydrogen-bond acceptors (Lipinski definition) is 6. The maximum Gasteiger partial charge on any atom is 0.119 e. The SMILES string of the molecule is COCCOCCOCCOCCOc1ccc(-c2nc3ccccc3c3ccccc23)cc1. The summed E-state index contributed by atoms with van der Waals surface area (Å²) >= 11 is 0. The first-order chi connectivity index (χ1) is 16.9. The quantitative estimate of drug-likeness (QED) is 0.192. The van der Waals surface area contributed by atoms with Crippen LogP contribution in [0.2, 0.25) is 0 Å². The number of pyridine rings is 1. The maximum absolute atomic E-state index is 5.82. The number of nitrogens with zero attached hydrogens (tertiary/aromatic N) is 1. The van der Waals surface area contributed by atoms with Crippen LogP contribution < -0.4 is 4.74 Å². The first kappa shape index (κ1) is 24.1. The zero-order chi connectivity index (χ0) is 23.4. The number of para-hydroxylation sites is 1. The molecule has 0 saturated heterocycles. The van der Waals surface area contributed by atoms with Gasteiger partial charge in [0, 0.05) is 23.4 Å². The third-order valence-corrected chi connectivity index (χ3v) is 5.41. The van der Waals surface area contributed by atoms with Gasteiger partial charge in [0.25, 0.3) is 0 Å². The summed E-state index contributed by atoms with van der Waals surface area (Å²) in [6.45, 7) is 4.36. The highest BCUT2D eigenvalue weighted by atomic mass is 16.6. The molecule has 0 aliphatic rings. The highest BCUT2D eigenvalue weighted by Gasteiger charge is 2.10. The number of aromatic nitrogens is 1. The van der Waals surface area contributed by atoms with Crippen molar-refractivity contribution in [3.63, 3.8) is 0 Å². The second-order valence-electron chi connectivity index (χ2n) is 7.73. The van der Waals surface area contributed by atoms with Crippen molar-refractivity contribution in [3.05, 3.63) is 72.8 Å². The van der Waals surface area contributed by atoms with E-state index in [1.807, 2.05) is 18.2 Å². The summed E-state index contributed by atoms with van der Waals surface area (Å²) in [5.74, 6) is 0.807. The van der Waals surface area contributed by atoms with E-state index in [4.69, 9.17) is 28.7 Å². The molecule has 4 rings (SSSR count). The molecule has 0 atom stereocenters. The molecule has 3 aromatic carbocycles. The van der Waals surface area contributed by atoms with E-state index in [9.17, 15) is 0 Å². The average Bonchev–Trinajstić information content (AvgIpc) is 2.89. The average molecular weight is 462 g/mol. The summed E-state index contributed by atoms with van der Waals surface area (Å²) in [7, 11) is 1.65. The van der Waals surface area contributed by atoms with Gasteiger partial charge in [-0.1, -0.05) is 42.5 Å². The molecule has 0 unspecified atom stereocenters. The molecule has 6 nitrogen and oxygen atoms in total. The van der Waals surface area contributed by atoms with Crippen molar-refractivity contribution >= 4 is 21.7 Å². The maximum atomic E-state index is 5.82. The molecule has 1 heterocycles. The summed E-state index contributed by atoms with van der Waals surface area (Å²) in [5.41, 5.74) is 3.04. The Kier molecular flexibility index (Phi) is 9.22. The Hall–Kier alpha value is -3.03. The van der Waals surface area contributed by atoms with Crippen LogP contribution in [-0.4, -0.2) is 64.9 Å². The van der Waals surface area contributed by atoms with Crippen molar-refractivity contribution in [1.82, 2.24) is 4.98 Å². The van der Waals surface area contributed by atoms with E-state index < -0.39 is 0 Å². The predicted octanol–water partition coefficient (Wildman–Crippen LogP) is 5.13. The summed E-state index contributed by atoms with van der Waals surface area (Å²) in [6, 6.07) is 24.8. The van der Waals surface area contributed by atoms with Crippen LogP contribution in [0.3, 0.4) is 0 Å². The van der Waals surface area contributed by atoms with E-state index in [1.165, 1.54) is 10.8 Å². The lowest BCUT2D eigenvalue weighted by atomic mass is 10.00. The smallest absolute Gasteiger partial charge is 0.119 e. The normalized spacial score (nSPS) is 11.3. The number of methoxy groups -OCH3 is 1. The highest BCUT2D eigenvalue weighted by Crippen LogP contribution is 2.32. The fourth-order valence-electron chi connectivity index (χ4n) is 3.74. The van der Waals surface area contributed by atoms with Gasteiger partial charge in [0.1, 0.15) is 12.4 Å². The Bertz CT molecular complexity index is 1160.